The van der Waals surface area contributed by atoms with Crippen LogP contribution in [0.1, 0.15) is 11.1 Å². The highest BCUT2D eigenvalue weighted by Crippen LogP contribution is 2.26. The van der Waals surface area contributed by atoms with Crippen molar-refractivity contribution >= 4 is 44.4 Å². The Hall–Kier alpha value is -3.20. The summed E-state index contributed by atoms with van der Waals surface area (Å²) in [7, 11) is -3.88. The van der Waals surface area contributed by atoms with Gasteiger partial charge in [-0.25, -0.2) is 4.98 Å². The largest absolute Gasteiger partial charge is 0.379 e. The monoisotopic (exact) mass is 483 g/mol. The number of nitrogens with zero attached hydrogens (tertiary/aromatic N) is 2. The molecule has 0 radical (unpaired) electrons. The summed E-state index contributed by atoms with van der Waals surface area (Å²) in [5, 5.41) is 7.44. The summed E-state index contributed by atoms with van der Waals surface area (Å²) in [6.07, 6.45) is 1.61. The van der Waals surface area contributed by atoms with Crippen molar-refractivity contribution in [3.8, 4) is 17.0 Å². The van der Waals surface area contributed by atoms with Crippen molar-refractivity contribution in [1.82, 2.24) is 4.98 Å². The van der Waals surface area contributed by atoms with Gasteiger partial charge in [-0.1, -0.05) is 41.4 Å². The Morgan fingerprint density at radius 2 is 1.69 bits per heavy atom. The summed E-state index contributed by atoms with van der Waals surface area (Å²) in [5.74, 6) is 0.225. The number of aromatic nitrogens is 1. The number of hydrazone groups is 1. The van der Waals surface area contributed by atoms with Gasteiger partial charge in [0.1, 0.15) is 10.6 Å². The van der Waals surface area contributed by atoms with Crippen LogP contribution in [-0.2, 0) is 10.1 Å². The molecule has 0 unspecified atom stereocenters. The molecule has 6 nitrogen and oxygen atoms in total. The quantitative estimate of drug-likeness (QED) is 0.198. The van der Waals surface area contributed by atoms with Crippen molar-refractivity contribution in [2.75, 3.05) is 5.43 Å². The van der Waals surface area contributed by atoms with E-state index >= 15 is 0 Å². The first-order valence-corrected chi connectivity index (χ1v) is 12.2. The van der Waals surface area contributed by atoms with Gasteiger partial charge in [-0.15, -0.1) is 11.3 Å². The minimum Gasteiger partial charge on any atom is -0.379 e. The first-order chi connectivity index (χ1) is 15.4. The highest BCUT2D eigenvalue weighted by Gasteiger charge is 2.16. The van der Waals surface area contributed by atoms with Gasteiger partial charge in [0.15, 0.2) is 0 Å². The Labute approximate surface area is 195 Å². The van der Waals surface area contributed by atoms with E-state index in [0.29, 0.717) is 10.2 Å². The Kier molecular flexibility index (Phi) is 6.55. The minimum absolute atomic E-state index is 0.111. The van der Waals surface area contributed by atoms with Gasteiger partial charge in [0.05, 0.1) is 11.9 Å². The molecule has 0 fully saturated rings. The zero-order chi connectivity index (χ0) is 22.6. The molecule has 1 aromatic heterocycles. The number of rotatable bonds is 7. The van der Waals surface area contributed by atoms with E-state index in [-0.39, 0.29) is 10.6 Å². The van der Waals surface area contributed by atoms with Crippen LogP contribution in [-0.4, -0.2) is 19.6 Å². The maximum atomic E-state index is 12.4. The van der Waals surface area contributed by atoms with Crippen LogP contribution in [0.4, 0.5) is 5.13 Å². The lowest BCUT2D eigenvalue weighted by molar-refractivity contribution is 0.486. The fourth-order valence-corrected chi connectivity index (χ4v) is 4.45. The smallest absolute Gasteiger partial charge is 0.339 e. The Morgan fingerprint density at radius 1 is 1.00 bits per heavy atom. The van der Waals surface area contributed by atoms with Gasteiger partial charge in [0, 0.05) is 16.0 Å². The van der Waals surface area contributed by atoms with Gasteiger partial charge in [-0.2, -0.15) is 13.5 Å². The molecule has 0 amide bonds. The zero-order valence-corrected chi connectivity index (χ0v) is 19.3. The molecule has 0 saturated heterocycles. The number of hydrogen-bond donors (Lipinski definition) is 1. The van der Waals surface area contributed by atoms with Crippen molar-refractivity contribution in [2.45, 2.75) is 11.8 Å². The highest BCUT2D eigenvalue weighted by molar-refractivity contribution is 7.87. The topological polar surface area (TPSA) is 80.7 Å². The van der Waals surface area contributed by atoms with Crippen molar-refractivity contribution in [1.29, 1.82) is 0 Å². The lowest BCUT2D eigenvalue weighted by atomic mass is 10.2. The van der Waals surface area contributed by atoms with Crippen LogP contribution in [0.2, 0.25) is 5.02 Å². The molecule has 0 aliphatic heterocycles. The van der Waals surface area contributed by atoms with Gasteiger partial charge in [0.2, 0.25) is 5.13 Å². The normalized spacial score (nSPS) is 11.6. The van der Waals surface area contributed by atoms with E-state index in [1.54, 1.807) is 42.6 Å². The molecule has 0 aliphatic rings. The lowest BCUT2D eigenvalue weighted by Crippen LogP contribution is -2.09. The van der Waals surface area contributed by atoms with Gasteiger partial charge in [-0.05, 0) is 61.0 Å². The third-order valence-electron chi connectivity index (χ3n) is 4.41. The van der Waals surface area contributed by atoms with Crippen LogP contribution in [0.15, 0.2) is 88.2 Å². The van der Waals surface area contributed by atoms with Crippen molar-refractivity contribution in [3.05, 3.63) is 94.3 Å². The van der Waals surface area contributed by atoms with E-state index in [9.17, 15) is 8.42 Å². The molecule has 1 N–H and O–H groups in total. The molecule has 0 aliphatic carbocycles. The Morgan fingerprint density at radius 3 is 2.38 bits per heavy atom. The molecule has 0 spiro atoms. The van der Waals surface area contributed by atoms with E-state index in [4.69, 9.17) is 15.8 Å². The summed E-state index contributed by atoms with van der Waals surface area (Å²) in [6, 6.07) is 20.5. The first-order valence-electron chi connectivity index (χ1n) is 9.51. The maximum absolute atomic E-state index is 12.4. The summed E-state index contributed by atoms with van der Waals surface area (Å²) in [6.45, 7) is 1.89. The average molecular weight is 484 g/mol. The van der Waals surface area contributed by atoms with Crippen molar-refractivity contribution in [3.63, 3.8) is 0 Å². The van der Waals surface area contributed by atoms with Crippen LogP contribution >= 0.6 is 22.9 Å². The number of nitrogens with one attached hydrogen (secondary N) is 1. The van der Waals surface area contributed by atoms with E-state index in [1.165, 1.54) is 23.5 Å². The van der Waals surface area contributed by atoms with Crippen LogP contribution in [0.3, 0.4) is 0 Å². The average Bonchev–Trinajstić information content (AvgIpc) is 3.24. The summed E-state index contributed by atoms with van der Waals surface area (Å²) in [4.78, 5) is 4.60. The predicted molar refractivity (Wildman–Crippen MR) is 129 cm³/mol. The van der Waals surface area contributed by atoms with E-state index < -0.39 is 10.1 Å². The molecule has 4 rings (SSSR count). The molecule has 3 aromatic carbocycles. The second kappa shape index (κ2) is 9.52. The van der Waals surface area contributed by atoms with Gasteiger partial charge in [-0.3, -0.25) is 5.43 Å². The third-order valence-corrected chi connectivity index (χ3v) is 6.67. The second-order valence-electron chi connectivity index (χ2n) is 6.83. The van der Waals surface area contributed by atoms with Gasteiger partial charge in [0.25, 0.3) is 0 Å². The Balaban J connectivity index is 1.36. The highest BCUT2D eigenvalue weighted by atomic mass is 35.5. The predicted octanol–water partition coefficient (Wildman–Crippen LogP) is 5.99. The van der Waals surface area contributed by atoms with E-state index in [0.717, 1.165) is 22.4 Å². The molecule has 0 saturated carbocycles. The number of benzene rings is 3. The zero-order valence-electron chi connectivity index (χ0n) is 16.9. The third kappa shape index (κ3) is 5.53. The molecular weight excluding hydrogens is 466 g/mol. The van der Waals surface area contributed by atoms with Crippen molar-refractivity contribution < 1.29 is 12.6 Å². The summed E-state index contributed by atoms with van der Waals surface area (Å²) in [5.41, 5.74) is 6.45. The molecule has 4 aromatic rings. The molecule has 9 heteroatoms. The molecule has 0 bridgehead atoms. The van der Waals surface area contributed by atoms with Crippen LogP contribution in [0.25, 0.3) is 11.3 Å². The van der Waals surface area contributed by atoms with Gasteiger partial charge >= 0.3 is 10.1 Å². The number of anilines is 1. The SMILES string of the molecule is Cc1ccc(S(=O)(=O)Oc2ccc(/C=N\Nc3nc(-c4ccc(Cl)cc4)cs3)cc2)cc1. The molecule has 1 heterocycles. The second-order valence-corrected chi connectivity index (χ2v) is 9.68. The van der Waals surface area contributed by atoms with E-state index in [2.05, 4.69) is 15.5 Å². The van der Waals surface area contributed by atoms with Crippen LogP contribution < -0.4 is 9.61 Å². The fourth-order valence-electron chi connectivity index (χ4n) is 2.73. The molecule has 32 heavy (non-hydrogen) atoms. The van der Waals surface area contributed by atoms with Crippen molar-refractivity contribution in [2.24, 2.45) is 5.10 Å². The van der Waals surface area contributed by atoms with Crippen LogP contribution in [0.5, 0.6) is 5.75 Å². The standard InChI is InChI=1S/C23H18ClN3O3S2/c1-16-2-12-21(13-3-16)32(28,29)30-20-10-4-17(5-11-20)14-25-27-23-26-22(15-31-23)18-6-8-19(24)9-7-18/h2-15H,1H3,(H,26,27)/b25-14-. The fraction of sp³-hybridized carbons (Fsp3) is 0.0435. The van der Waals surface area contributed by atoms with Crippen LogP contribution in [0, 0.1) is 6.92 Å². The van der Waals surface area contributed by atoms with E-state index in [1.807, 2.05) is 36.6 Å². The Bertz CT molecular complexity index is 1330. The number of hydrogen-bond acceptors (Lipinski definition) is 7. The molecule has 0 atom stereocenters. The minimum atomic E-state index is -3.88. The molecular formula is C23H18ClN3O3S2. The maximum Gasteiger partial charge on any atom is 0.339 e. The number of thiazole rings is 1. The molecule has 162 valence electrons. The number of aryl methyl sites for hydroxylation is 1. The summed E-state index contributed by atoms with van der Waals surface area (Å²) >= 11 is 7.35. The number of halogens is 1. The van der Waals surface area contributed by atoms with Gasteiger partial charge < -0.3 is 4.18 Å². The summed E-state index contributed by atoms with van der Waals surface area (Å²) < 4.78 is 30.0. The first kappa shape index (κ1) is 22.0. The lowest BCUT2D eigenvalue weighted by Gasteiger charge is -2.07.